The second-order valence-corrected chi connectivity index (χ2v) is 11.9. The van der Waals surface area contributed by atoms with Crippen LogP contribution in [0.3, 0.4) is 0 Å². The lowest BCUT2D eigenvalue weighted by Crippen LogP contribution is -2.47. The van der Waals surface area contributed by atoms with Crippen molar-refractivity contribution in [3.05, 3.63) is 52.5 Å². The summed E-state index contributed by atoms with van der Waals surface area (Å²) in [5.74, 6) is -1.66. The van der Waals surface area contributed by atoms with Crippen LogP contribution in [0.1, 0.15) is 61.3 Å². The van der Waals surface area contributed by atoms with Gasteiger partial charge < -0.3 is 14.6 Å². The fourth-order valence-corrected chi connectivity index (χ4v) is 6.81. The van der Waals surface area contributed by atoms with Gasteiger partial charge in [0.2, 0.25) is 5.84 Å². The molecule has 0 bridgehead atoms. The van der Waals surface area contributed by atoms with Crippen LogP contribution in [0.15, 0.2) is 51.6 Å². The minimum atomic E-state index is -4.99. The highest BCUT2D eigenvalue weighted by atomic mass is 35.5. The molecule has 3 N–H and O–H groups in total. The van der Waals surface area contributed by atoms with Gasteiger partial charge in [-0.1, -0.05) is 36.6 Å². The summed E-state index contributed by atoms with van der Waals surface area (Å²) in [5.41, 5.74) is 1.11. The molecular formula is C29H32ClF3N6O4S. The molecule has 44 heavy (non-hydrogen) atoms. The highest BCUT2D eigenvalue weighted by molar-refractivity contribution is 8.01. The van der Waals surface area contributed by atoms with E-state index in [0.29, 0.717) is 70.5 Å². The summed E-state index contributed by atoms with van der Waals surface area (Å²) < 4.78 is 53.2. The Balaban J connectivity index is 1.59. The minimum Gasteiger partial charge on any atom is -0.493 e. The minimum absolute atomic E-state index is 0.0507. The highest BCUT2D eigenvalue weighted by Crippen LogP contribution is 2.52. The Morgan fingerprint density at radius 1 is 1.11 bits per heavy atom. The van der Waals surface area contributed by atoms with E-state index in [1.54, 1.807) is 24.3 Å². The molecule has 2 aliphatic heterocycles. The normalized spacial score (nSPS) is 19.8. The number of alkyl halides is 3. The van der Waals surface area contributed by atoms with Crippen LogP contribution in [0.5, 0.6) is 11.5 Å². The lowest BCUT2D eigenvalue weighted by atomic mass is 10.00. The van der Waals surface area contributed by atoms with E-state index in [-0.39, 0.29) is 30.5 Å². The van der Waals surface area contributed by atoms with Gasteiger partial charge in [0.15, 0.2) is 17.7 Å². The van der Waals surface area contributed by atoms with Crippen molar-refractivity contribution in [2.75, 3.05) is 19.1 Å². The second-order valence-electron chi connectivity index (χ2n) is 10.1. The number of aliphatic imine (C=N–C) groups is 1. The molecule has 0 amide bonds. The zero-order valence-electron chi connectivity index (χ0n) is 24.0. The number of halogens is 4. The van der Waals surface area contributed by atoms with E-state index >= 15 is 0 Å². The summed E-state index contributed by atoms with van der Waals surface area (Å²) in [5, 5.41) is 32.9. The summed E-state index contributed by atoms with van der Waals surface area (Å²) in [6.07, 6.45) is -2.28. The molecule has 0 saturated heterocycles. The molecule has 0 saturated carbocycles. The molecule has 2 aromatic carbocycles. The van der Waals surface area contributed by atoms with Gasteiger partial charge in [-0.15, -0.1) is 16.9 Å². The van der Waals surface area contributed by atoms with Crippen molar-refractivity contribution in [2.45, 2.75) is 67.8 Å². The van der Waals surface area contributed by atoms with Crippen molar-refractivity contribution < 1.29 is 32.5 Å². The van der Waals surface area contributed by atoms with E-state index in [1.165, 1.54) is 38.1 Å². The number of hydrogen-bond acceptors (Lipinski definition) is 9. The number of unbranched alkanes of at least 4 members (excludes halogenated alkanes) is 2. The topological polar surface area (TPSA) is 144 Å². The number of amidine groups is 3. The zero-order chi connectivity index (χ0) is 32.0. The third-order valence-electron chi connectivity index (χ3n) is 7.16. The fraction of sp³-hybridized carbons (Fsp3) is 0.448. The molecule has 2 heterocycles. The van der Waals surface area contributed by atoms with E-state index in [0.717, 1.165) is 0 Å². The number of thioether (sulfide) groups is 1. The largest absolute Gasteiger partial charge is 0.493 e. The number of fused-ring (bicyclic) bond motifs is 1. The standard InChI is InChI=1S/C29H32ClF3N6O4S/c1-42-20-8-6-7-17(25(20)43-2)26-18-15-16(30)11-12-19(18)39(28(35)29(31,32)33)27(34)21(44-26)9-4-3-5-10-22-36-23(38-37-22)13-14-24(40)41/h6-8,11-12,15,21-22,26,34-35H,3-5,9-10,13-14H2,1-2H3,(H,40,41)/t21?,22?,26-/m1/s1. The van der Waals surface area contributed by atoms with Gasteiger partial charge in [0.1, 0.15) is 11.7 Å². The van der Waals surface area contributed by atoms with Gasteiger partial charge in [0.25, 0.3) is 0 Å². The van der Waals surface area contributed by atoms with Crippen LogP contribution in [0, 0.1) is 10.8 Å². The number of para-hydroxylation sites is 1. The number of anilines is 1. The molecule has 2 aromatic rings. The van der Waals surface area contributed by atoms with Crippen molar-refractivity contribution in [3.8, 4) is 11.5 Å². The molecule has 10 nitrogen and oxygen atoms in total. The third-order valence-corrected chi connectivity index (χ3v) is 8.97. The quantitative estimate of drug-likeness (QED) is 0.121. The van der Waals surface area contributed by atoms with Crippen LogP contribution >= 0.6 is 23.4 Å². The Hall–Kier alpha value is -3.65. The molecule has 236 valence electrons. The van der Waals surface area contributed by atoms with Crippen LogP contribution in [0.4, 0.5) is 18.9 Å². The van der Waals surface area contributed by atoms with Crippen LogP contribution < -0.4 is 14.4 Å². The van der Waals surface area contributed by atoms with Crippen molar-refractivity contribution in [1.82, 2.24) is 0 Å². The van der Waals surface area contributed by atoms with E-state index in [4.69, 9.17) is 37.0 Å². The highest BCUT2D eigenvalue weighted by Gasteiger charge is 2.45. The number of nitrogens with one attached hydrogen (secondary N) is 2. The second kappa shape index (κ2) is 14.4. The van der Waals surface area contributed by atoms with Gasteiger partial charge in [-0.3, -0.25) is 20.5 Å². The van der Waals surface area contributed by atoms with Crippen LogP contribution in [-0.2, 0) is 4.79 Å². The number of ether oxygens (including phenoxy) is 2. The number of benzene rings is 2. The number of carboxylic acid groups (broad SMARTS) is 1. The first kappa shape index (κ1) is 33.2. The van der Waals surface area contributed by atoms with E-state index in [1.807, 2.05) is 0 Å². The van der Waals surface area contributed by atoms with Gasteiger partial charge in [-0.25, -0.2) is 4.99 Å². The average Bonchev–Trinajstić information content (AvgIpc) is 3.40. The fourth-order valence-electron chi connectivity index (χ4n) is 5.09. The van der Waals surface area contributed by atoms with Crippen molar-refractivity contribution in [3.63, 3.8) is 0 Å². The Morgan fingerprint density at radius 3 is 2.55 bits per heavy atom. The lowest BCUT2D eigenvalue weighted by molar-refractivity contribution is -0.136. The number of carbonyl (C=O) groups is 1. The van der Waals surface area contributed by atoms with Crippen molar-refractivity contribution in [2.24, 2.45) is 15.2 Å². The number of nitrogens with zero attached hydrogens (tertiary/aromatic N) is 4. The number of rotatable bonds is 12. The van der Waals surface area contributed by atoms with Crippen molar-refractivity contribution in [1.29, 1.82) is 10.8 Å². The third kappa shape index (κ3) is 7.70. The smallest absolute Gasteiger partial charge is 0.449 e. The van der Waals surface area contributed by atoms with Gasteiger partial charge in [0, 0.05) is 17.0 Å². The number of methoxy groups -OCH3 is 2. The predicted molar refractivity (Wildman–Crippen MR) is 164 cm³/mol. The first-order chi connectivity index (χ1) is 20.9. The zero-order valence-corrected chi connectivity index (χ0v) is 25.6. The van der Waals surface area contributed by atoms with Gasteiger partial charge in [0.05, 0.1) is 36.8 Å². The van der Waals surface area contributed by atoms with Gasteiger partial charge in [-0.05, 0) is 49.1 Å². The molecule has 0 radical (unpaired) electrons. The maximum Gasteiger partial charge on any atom is 0.449 e. The first-order valence-electron chi connectivity index (χ1n) is 13.8. The molecule has 0 aromatic heterocycles. The number of azo groups is 1. The lowest BCUT2D eigenvalue weighted by Gasteiger charge is -2.29. The van der Waals surface area contributed by atoms with Crippen LogP contribution in [-0.4, -0.2) is 60.4 Å². The molecule has 4 rings (SSSR count). The Bertz CT molecular complexity index is 1470. The van der Waals surface area contributed by atoms with E-state index in [2.05, 4.69) is 15.2 Å². The molecule has 2 aliphatic rings. The summed E-state index contributed by atoms with van der Waals surface area (Å²) >= 11 is 7.66. The maximum absolute atomic E-state index is 14.0. The monoisotopic (exact) mass is 652 g/mol. The van der Waals surface area contributed by atoms with Crippen LogP contribution in [0.25, 0.3) is 0 Å². The molecular weight excluding hydrogens is 621 g/mol. The summed E-state index contributed by atoms with van der Waals surface area (Å²) in [6.45, 7) is 0. The molecule has 2 unspecified atom stereocenters. The summed E-state index contributed by atoms with van der Waals surface area (Å²) in [7, 11) is 2.97. The molecule has 3 atom stereocenters. The molecule has 0 spiro atoms. The molecule has 0 fully saturated rings. The average molecular weight is 653 g/mol. The predicted octanol–water partition coefficient (Wildman–Crippen LogP) is 7.89. The summed E-state index contributed by atoms with van der Waals surface area (Å²) in [6, 6.07) is 9.72. The number of aliphatic carboxylic acids is 1. The van der Waals surface area contributed by atoms with Crippen molar-refractivity contribution >= 4 is 52.5 Å². The Kier molecular flexibility index (Phi) is 10.9. The van der Waals surface area contributed by atoms with E-state index < -0.39 is 28.5 Å². The number of hydrogen-bond donors (Lipinski definition) is 3. The molecule has 15 heteroatoms. The Morgan fingerprint density at radius 2 is 1.86 bits per heavy atom. The summed E-state index contributed by atoms with van der Waals surface area (Å²) in [4.78, 5) is 15.8. The maximum atomic E-state index is 14.0. The number of carboxylic acids is 1. The Labute approximate surface area is 261 Å². The van der Waals surface area contributed by atoms with Gasteiger partial charge in [-0.2, -0.15) is 18.3 Å². The van der Waals surface area contributed by atoms with Gasteiger partial charge >= 0.3 is 12.1 Å². The first-order valence-corrected chi connectivity index (χ1v) is 15.2. The SMILES string of the molecule is COc1cccc([C@H]2SC(CCCCCC3N=NC(CCC(=O)O)=N3)C(=N)N(C(=N)C(F)(F)F)c3ccc(Cl)cc32)c1OC. The van der Waals surface area contributed by atoms with E-state index in [9.17, 15) is 18.0 Å². The molecule has 0 aliphatic carbocycles. The van der Waals surface area contributed by atoms with Crippen LogP contribution in [0.2, 0.25) is 5.02 Å².